The Kier molecular flexibility index (Phi) is 7.64. The molecule has 2 amide bonds. The highest BCUT2D eigenvalue weighted by Crippen LogP contribution is 2.23. The molecule has 0 radical (unpaired) electrons. The lowest BCUT2D eigenvalue weighted by Crippen LogP contribution is -2.46. The molecule has 0 saturated heterocycles. The Morgan fingerprint density at radius 1 is 1.15 bits per heavy atom. The topological polar surface area (TPSA) is 93.7 Å². The van der Waals surface area contributed by atoms with E-state index in [9.17, 15) is 14.4 Å². The van der Waals surface area contributed by atoms with Gasteiger partial charge in [-0.2, -0.15) is 0 Å². The Balaban J connectivity index is 1.75. The Bertz CT molecular complexity index is 659. The summed E-state index contributed by atoms with van der Waals surface area (Å²) in [6.45, 7) is 3.35. The first kappa shape index (κ1) is 20.7. The number of rotatable bonds is 7. The highest BCUT2D eigenvalue weighted by atomic mass is 16.5. The first-order valence-corrected chi connectivity index (χ1v) is 9.32. The maximum absolute atomic E-state index is 12.2. The quantitative estimate of drug-likeness (QED) is 0.711. The van der Waals surface area contributed by atoms with Crippen LogP contribution < -0.4 is 15.4 Å². The zero-order chi connectivity index (χ0) is 19.8. The Labute approximate surface area is 159 Å². The Hall–Kier alpha value is -2.57. The molecule has 2 rings (SSSR count). The third-order valence-electron chi connectivity index (χ3n) is 4.86. The van der Waals surface area contributed by atoms with Crippen molar-refractivity contribution in [1.82, 2.24) is 10.6 Å². The molecule has 7 heteroatoms. The molecular weight excluding hydrogens is 348 g/mol. The van der Waals surface area contributed by atoms with Crippen LogP contribution in [0.1, 0.15) is 49.9 Å². The first-order valence-electron chi connectivity index (χ1n) is 9.32. The van der Waals surface area contributed by atoms with Crippen molar-refractivity contribution in [2.24, 2.45) is 5.92 Å². The molecule has 1 aromatic carbocycles. The van der Waals surface area contributed by atoms with Gasteiger partial charge in [0.2, 0.25) is 0 Å². The van der Waals surface area contributed by atoms with Gasteiger partial charge < -0.3 is 20.1 Å². The van der Waals surface area contributed by atoms with Crippen LogP contribution in [0.2, 0.25) is 0 Å². The molecule has 0 bridgehead atoms. The second-order valence-corrected chi connectivity index (χ2v) is 6.92. The molecule has 0 aliphatic heterocycles. The number of ether oxygens (including phenoxy) is 2. The molecule has 1 aliphatic rings. The molecule has 0 spiro atoms. The number of hydrogen-bond acceptors (Lipinski definition) is 5. The molecule has 1 aromatic rings. The van der Waals surface area contributed by atoms with Crippen LogP contribution in [0.3, 0.4) is 0 Å². The minimum absolute atomic E-state index is 0.127. The lowest BCUT2D eigenvalue weighted by molar-refractivity contribution is -0.154. The predicted molar refractivity (Wildman–Crippen MR) is 100 cm³/mol. The van der Waals surface area contributed by atoms with Gasteiger partial charge in [-0.1, -0.05) is 19.8 Å². The van der Waals surface area contributed by atoms with Crippen LogP contribution in [-0.2, 0) is 14.3 Å². The zero-order valence-corrected chi connectivity index (χ0v) is 16.1. The van der Waals surface area contributed by atoms with Crippen molar-refractivity contribution < 1.29 is 23.9 Å². The molecule has 1 aliphatic carbocycles. The third-order valence-corrected chi connectivity index (χ3v) is 4.86. The van der Waals surface area contributed by atoms with Crippen LogP contribution >= 0.6 is 0 Å². The van der Waals surface area contributed by atoms with Gasteiger partial charge in [0.25, 0.3) is 11.8 Å². The summed E-state index contributed by atoms with van der Waals surface area (Å²) >= 11 is 0. The van der Waals surface area contributed by atoms with Crippen LogP contribution in [0.5, 0.6) is 5.75 Å². The first-order chi connectivity index (χ1) is 12.9. The monoisotopic (exact) mass is 376 g/mol. The van der Waals surface area contributed by atoms with Gasteiger partial charge in [-0.3, -0.25) is 14.4 Å². The van der Waals surface area contributed by atoms with Gasteiger partial charge in [0, 0.05) is 11.6 Å². The fourth-order valence-corrected chi connectivity index (χ4v) is 3.12. The van der Waals surface area contributed by atoms with Gasteiger partial charge in [0.15, 0.2) is 6.10 Å². The number of nitrogens with one attached hydrogen (secondary N) is 2. The summed E-state index contributed by atoms with van der Waals surface area (Å²) in [5, 5.41) is 5.44. The molecule has 7 nitrogen and oxygen atoms in total. The third kappa shape index (κ3) is 6.27. The molecule has 27 heavy (non-hydrogen) atoms. The van der Waals surface area contributed by atoms with Gasteiger partial charge in [-0.15, -0.1) is 0 Å². The number of hydrogen-bond donors (Lipinski definition) is 2. The van der Waals surface area contributed by atoms with E-state index in [1.807, 2.05) is 0 Å². The smallest absolute Gasteiger partial charge is 0.326 e. The second-order valence-electron chi connectivity index (χ2n) is 6.92. The van der Waals surface area contributed by atoms with Gasteiger partial charge in [-0.25, -0.2) is 0 Å². The Morgan fingerprint density at radius 2 is 1.81 bits per heavy atom. The van der Waals surface area contributed by atoms with E-state index in [0.717, 1.165) is 19.3 Å². The summed E-state index contributed by atoms with van der Waals surface area (Å²) < 4.78 is 10.2. The SMILES string of the molecule is COc1ccc(C(=O)NCC(=O)O[C@H](C)C(=O)N[C@@H]2CCCC[C@@H]2C)cc1. The predicted octanol–water partition coefficient (Wildman–Crippen LogP) is 2.05. The number of amides is 2. The number of esters is 1. The second kappa shape index (κ2) is 9.94. The molecule has 3 atom stereocenters. The highest BCUT2D eigenvalue weighted by molar-refractivity contribution is 5.96. The molecule has 1 fully saturated rings. The van der Waals surface area contributed by atoms with E-state index < -0.39 is 18.0 Å². The summed E-state index contributed by atoms with van der Waals surface area (Å²) in [6, 6.07) is 6.64. The van der Waals surface area contributed by atoms with Crippen molar-refractivity contribution in [2.75, 3.05) is 13.7 Å². The van der Waals surface area contributed by atoms with Crippen LogP contribution in [0.25, 0.3) is 0 Å². The fraction of sp³-hybridized carbons (Fsp3) is 0.550. The average molecular weight is 376 g/mol. The highest BCUT2D eigenvalue weighted by Gasteiger charge is 2.26. The summed E-state index contributed by atoms with van der Waals surface area (Å²) in [5.41, 5.74) is 0.403. The summed E-state index contributed by atoms with van der Waals surface area (Å²) in [7, 11) is 1.54. The lowest BCUT2D eigenvalue weighted by atomic mass is 9.86. The minimum Gasteiger partial charge on any atom is -0.497 e. The fourth-order valence-electron chi connectivity index (χ4n) is 3.12. The van der Waals surface area contributed by atoms with E-state index in [1.165, 1.54) is 20.5 Å². The largest absolute Gasteiger partial charge is 0.497 e. The molecule has 0 aromatic heterocycles. The Morgan fingerprint density at radius 3 is 2.44 bits per heavy atom. The van der Waals surface area contributed by atoms with Gasteiger partial charge in [0.1, 0.15) is 12.3 Å². The van der Waals surface area contributed by atoms with Crippen molar-refractivity contribution in [3.8, 4) is 5.75 Å². The number of carbonyl (C=O) groups is 3. The van der Waals surface area contributed by atoms with E-state index >= 15 is 0 Å². The zero-order valence-electron chi connectivity index (χ0n) is 16.1. The number of methoxy groups -OCH3 is 1. The van der Waals surface area contributed by atoms with Crippen LogP contribution in [0.15, 0.2) is 24.3 Å². The van der Waals surface area contributed by atoms with Crippen molar-refractivity contribution in [2.45, 2.75) is 51.7 Å². The van der Waals surface area contributed by atoms with Gasteiger partial charge >= 0.3 is 5.97 Å². The van der Waals surface area contributed by atoms with Crippen LogP contribution in [0, 0.1) is 5.92 Å². The van der Waals surface area contributed by atoms with Gasteiger partial charge in [-0.05, 0) is 49.9 Å². The van der Waals surface area contributed by atoms with Gasteiger partial charge in [0.05, 0.1) is 7.11 Å². The number of benzene rings is 1. The van der Waals surface area contributed by atoms with E-state index in [2.05, 4.69) is 17.6 Å². The molecule has 148 valence electrons. The lowest BCUT2D eigenvalue weighted by Gasteiger charge is -2.30. The van der Waals surface area contributed by atoms with Crippen molar-refractivity contribution in [3.05, 3.63) is 29.8 Å². The molecule has 1 saturated carbocycles. The van der Waals surface area contributed by atoms with Crippen LogP contribution in [0.4, 0.5) is 0 Å². The summed E-state index contributed by atoms with van der Waals surface area (Å²) in [4.78, 5) is 36.2. The standard InChI is InChI=1S/C20H28N2O5/c1-13-6-4-5-7-17(13)22-19(24)14(2)27-18(23)12-21-20(25)15-8-10-16(26-3)11-9-15/h8-11,13-14,17H,4-7,12H2,1-3H3,(H,21,25)(H,22,24)/t13-,14+,17+/m0/s1. The van der Waals surface area contributed by atoms with E-state index in [-0.39, 0.29) is 18.5 Å². The van der Waals surface area contributed by atoms with E-state index in [1.54, 1.807) is 24.3 Å². The molecule has 2 N–H and O–H groups in total. The van der Waals surface area contributed by atoms with Crippen molar-refractivity contribution >= 4 is 17.8 Å². The normalized spacial score (nSPS) is 20.3. The molecule has 0 unspecified atom stereocenters. The minimum atomic E-state index is -0.899. The maximum Gasteiger partial charge on any atom is 0.326 e. The molecule has 0 heterocycles. The maximum atomic E-state index is 12.2. The van der Waals surface area contributed by atoms with Crippen LogP contribution in [-0.4, -0.2) is 43.6 Å². The number of carbonyl (C=O) groups excluding carboxylic acids is 3. The van der Waals surface area contributed by atoms with E-state index in [4.69, 9.17) is 9.47 Å². The summed E-state index contributed by atoms with van der Waals surface area (Å²) in [6.07, 6.45) is 3.43. The average Bonchev–Trinajstić information content (AvgIpc) is 2.67. The van der Waals surface area contributed by atoms with Crippen molar-refractivity contribution in [3.63, 3.8) is 0 Å². The van der Waals surface area contributed by atoms with Crippen molar-refractivity contribution in [1.29, 1.82) is 0 Å². The molecular formula is C20H28N2O5. The van der Waals surface area contributed by atoms with E-state index in [0.29, 0.717) is 17.2 Å². The summed E-state index contributed by atoms with van der Waals surface area (Å²) in [5.74, 6) is -0.296.